The van der Waals surface area contributed by atoms with Crippen molar-refractivity contribution >= 4 is 23.3 Å². The van der Waals surface area contributed by atoms with E-state index in [0.717, 1.165) is 11.3 Å². The molecule has 0 radical (unpaired) electrons. The Morgan fingerprint density at radius 3 is 2.58 bits per heavy atom. The lowest BCUT2D eigenvalue weighted by Gasteiger charge is -2.22. The van der Waals surface area contributed by atoms with Gasteiger partial charge in [0.05, 0.1) is 30.9 Å². The van der Waals surface area contributed by atoms with Gasteiger partial charge in [0.25, 0.3) is 5.91 Å². The number of rotatable bonds is 9. The minimum absolute atomic E-state index is 0.174. The van der Waals surface area contributed by atoms with Crippen molar-refractivity contribution in [2.45, 2.75) is 19.9 Å². The zero-order valence-electron chi connectivity index (χ0n) is 17.2. The second-order valence-corrected chi connectivity index (χ2v) is 6.84. The summed E-state index contributed by atoms with van der Waals surface area (Å²) in [5.41, 5.74) is 2.61. The maximum Gasteiger partial charge on any atom is 0.340 e. The molecule has 0 aliphatic carbocycles. The summed E-state index contributed by atoms with van der Waals surface area (Å²) >= 11 is 0. The standard InChI is InChI=1S/C24H23N3O4/c1-18-9-11-19(12-10-18)27(14-5-13-25)23(28)17-31-24(29)21-7-2-3-8-22(21)26-16-20-6-4-15-30-20/h2-4,6-12,15,26H,5,14,16-17H2,1H3. The monoisotopic (exact) mass is 417 g/mol. The summed E-state index contributed by atoms with van der Waals surface area (Å²) in [5.74, 6) is -0.280. The van der Waals surface area contributed by atoms with Gasteiger partial charge in [-0.1, -0.05) is 29.8 Å². The summed E-state index contributed by atoms with van der Waals surface area (Å²) in [6, 6.07) is 19.9. The summed E-state index contributed by atoms with van der Waals surface area (Å²) in [5, 5.41) is 12.1. The highest BCUT2D eigenvalue weighted by atomic mass is 16.5. The molecule has 0 saturated carbocycles. The first-order valence-corrected chi connectivity index (χ1v) is 9.85. The molecule has 0 aliphatic rings. The van der Waals surface area contributed by atoms with E-state index in [-0.39, 0.29) is 13.0 Å². The van der Waals surface area contributed by atoms with Crippen LogP contribution in [0.3, 0.4) is 0 Å². The molecule has 3 rings (SSSR count). The van der Waals surface area contributed by atoms with Crippen LogP contribution in [-0.2, 0) is 16.1 Å². The number of amides is 1. The van der Waals surface area contributed by atoms with Crippen molar-refractivity contribution in [2.24, 2.45) is 0 Å². The van der Waals surface area contributed by atoms with Crippen molar-refractivity contribution < 1.29 is 18.7 Å². The average Bonchev–Trinajstić information content (AvgIpc) is 3.31. The molecule has 0 saturated heterocycles. The number of nitrogens with one attached hydrogen (secondary N) is 1. The van der Waals surface area contributed by atoms with Gasteiger partial charge in [-0.3, -0.25) is 4.79 Å². The van der Waals surface area contributed by atoms with Gasteiger partial charge in [-0.25, -0.2) is 4.79 Å². The second kappa shape index (κ2) is 10.6. The zero-order chi connectivity index (χ0) is 22.1. The van der Waals surface area contributed by atoms with E-state index in [2.05, 4.69) is 5.32 Å². The maximum absolute atomic E-state index is 12.7. The van der Waals surface area contributed by atoms with E-state index >= 15 is 0 Å². The number of nitriles is 1. The number of carbonyl (C=O) groups excluding carboxylic acids is 2. The molecule has 0 spiro atoms. The molecule has 0 bridgehead atoms. The number of ether oxygens (including phenoxy) is 1. The fourth-order valence-electron chi connectivity index (χ4n) is 2.98. The minimum atomic E-state index is -0.611. The van der Waals surface area contributed by atoms with E-state index in [9.17, 15) is 9.59 Å². The molecular weight excluding hydrogens is 394 g/mol. The number of hydrogen-bond donors (Lipinski definition) is 1. The molecule has 2 aromatic carbocycles. The van der Waals surface area contributed by atoms with Crippen molar-refractivity contribution in [1.82, 2.24) is 0 Å². The minimum Gasteiger partial charge on any atom is -0.467 e. The highest BCUT2D eigenvalue weighted by Gasteiger charge is 2.19. The largest absolute Gasteiger partial charge is 0.467 e. The van der Waals surface area contributed by atoms with Crippen LogP contribution in [0.1, 0.15) is 28.1 Å². The summed E-state index contributed by atoms with van der Waals surface area (Å²) < 4.78 is 10.6. The average molecular weight is 417 g/mol. The number of aryl methyl sites for hydroxylation is 1. The lowest BCUT2D eigenvalue weighted by Crippen LogP contribution is -2.35. The number of benzene rings is 2. The fraction of sp³-hybridized carbons (Fsp3) is 0.208. The van der Waals surface area contributed by atoms with Crippen LogP contribution >= 0.6 is 0 Å². The molecule has 7 heteroatoms. The van der Waals surface area contributed by atoms with E-state index in [1.807, 2.05) is 31.2 Å². The van der Waals surface area contributed by atoms with E-state index in [1.54, 1.807) is 48.7 Å². The van der Waals surface area contributed by atoms with Gasteiger partial charge >= 0.3 is 5.97 Å². The highest BCUT2D eigenvalue weighted by Crippen LogP contribution is 2.19. The molecule has 31 heavy (non-hydrogen) atoms. The Balaban J connectivity index is 1.65. The number of furan rings is 1. The smallest absolute Gasteiger partial charge is 0.340 e. The number of para-hydroxylation sites is 1. The molecule has 3 aromatic rings. The lowest BCUT2D eigenvalue weighted by molar-refractivity contribution is -0.121. The molecule has 158 valence electrons. The van der Waals surface area contributed by atoms with Crippen LogP contribution in [-0.4, -0.2) is 25.0 Å². The fourth-order valence-corrected chi connectivity index (χ4v) is 2.98. The predicted molar refractivity (Wildman–Crippen MR) is 117 cm³/mol. The first-order chi connectivity index (χ1) is 15.1. The quantitative estimate of drug-likeness (QED) is 0.522. The summed E-state index contributed by atoms with van der Waals surface area (Å²) in [4.78, 5) is 26.8. The van der Waals surface area contributed by atoms with Crippen LogP contribution in [0, 0.1) is 18.3 Å². The Bertz CT molecular complexity index is 1050. The first kappa shape index (κ1) is 21.7. The zero-order valence-corrected chi connectivity index (χ0v) is 17.2. The third-order valence-electron chi connectivity index (χ3n) is 4.60. The molecule has 1 aromatic heterocycles. The van der Waals surface area contributed by atoms with Crippen molar-refractivity contribution in [3.05, 3.63) is 83.8 Å². The molecule has 7 nitrogen and oxygen atoms in total. The topological polar surface area (TPSA) is 95.6 Å². The lowest BCUT2D eigenvalue weighted by atomic mass is 10.1. The van der Waals surface area contributed by atoms with Crippen LogP contribution in [0.15, 0.2) is 71.3 Å². The number of nitrogens with zero attached hydrogens (tertiary/aromatic N) is 2. The van der Waals surface area contributed by atoms with Crippen molar-refractivity contribution in [3.8, 4) is 6.07 Å². The SMILES string of the molecule is Cc1ccc(N(CCC#N)C(=O)COC(=O)c2ccccc2NCc2ccco2)cc1. The van der Waals surface area contributed by atoms with Crippen LogP contribution in [0.5, 0.6) is 0 Å². The molecule has 1 heterocycles. The molecule has 0 aliphatic heterocycles. The van der Waals surface area contributed by atoms with Crippen LogP contribution < -0.4 is 10.2 Å². The highest BCUT2D eigenvalue weighted by molar-refractivity contribution is 5.99. The normalized spacial score (nSPS) is 10.2. The number of anilines is 2. The van der Waals surface area contributed by atoms with Gasteiger partial charge in [-0.2, -0.15) is 5.26 Å². The molecule has 1 N–H and O–H groups in total. The maximum atomic E-state index is 12.7. The van der Waals surface area contributed by atoms with Crippen molar-refractivity contribution in [3.63, 3.8) is 0 Å². The van der Waals surface area contributed by atoms with Crippen molar-refractivity contribution in [1.29, 1.82) is 5.26 Å². The molecule has 0 fully saturated rings. The van der Waals surface area contributed by atoms with E-state index in [0.29, 0.717) is 23.5 Å². The van der Waals surface area contributed by atoms with Gasteiger partial charge in [-0.05, 0) is 43.3 Å². The Hall–Kier alpha value is -4.05. The molecular formula is C24H23N3O4. The first-order valence-electron chi connectivity index (χ1n) is 9.85. The molecule has 0 atom stereocenters. The van der Waals surface area contributed by atoms with Gasteiger partial charge in [0, 0.05) is 17.9 Å². The predicted octanol–water partition coefficient (Wildman–Crippen LogP) is 4.30. The molecule has 1 amide bonds. The van der Waals surface area contributed by atoms with Gasteiger partial charge in [0.2, 0.25) is 0 Å². The number of hydrogen-bond acceptors (Lipinski definition) is 6. The second-order valence-electron chi connectivity index (χ2n) is 6.84. The van der Waals surface area contributed by atoms with E-state index in [1.165, 1.54) is 4.90 Å². The Morgan fingerprint density at radius 1 is 1.10 bits per heavy atom. The molecule has 0 unspecified atom stereocenters. The van der Waals surface area contributed by atoms with Crippen LogP contribution in [0.4, 0.5) is 11.4 Å². The number of carbonyl (C=O) groups is 2. The summed E-state index contributed by atoms with van der Waals surface area (Å²) in [7, 11) is 0. The Morgan fingerprint density at radius 2 is 1.87 bits per heavy atom. The Kier molecular flexibility index (Phi) is 7.44. The van der Waals surface area contributed by atoms with Crippen LogP contribution in [0.25, 0.3) is 0 Å². The number of esters is 1. The van der Waals surface area contributed by atoms with Gasteiger partial charge in [0.1, 0.15) is 5.76 Å². The van der Waals surface area contributed by atoms with Gasteiger partial charge in [-0.15, -0.1) is 0 Å². The van der Waals surface area contributed by atoms with Gasteiger partial charge < -0.3 is 19.4 Å². The summed E-state index contributed by atoms with van der Waals surface area (Å²) in [6.07, 6.45) is 1.75. The Labute approximate surface area is 180 Å². The summed E-state index contributed by atoms with van der Waals surface area (Å²) in [6.45, 7) is 2.15. The van der Waals surface area contributed by atoms with Crippen LogP contribution in [0.2, 0.25) is 0 Å². The van der Waals surface area contributed by atoms with Crippen molar-refractivity contribution in [2.75, 3.05) is 23.4 Å². The van der Waals surface area contributed by atoms with E-state index in [4.69, 9.17) is 14.4 Å². The third kappa shape index (κ3) is 5.97. The third-order valence-corrected chi connectivity index (χ3v) is 4.60. The van der Waals surface area contributed by atoms with Gasteiger partial charge in [0.15, 0.2) is 6.61 Å². The van der Waals surface area contributed by atoms with E-state index < -0.39 is 18.5 Å².